The van der Waals surface area contributed by atoms with Gasteiger partial charge in [-0.15, -0.1) is 0 Å². The van der Waals surface area contributed by atoms with Crippen LogP contribution in [0.3, 0.4) is 0 Å². The van der Waals surface area contributed by atoms with Crippen molar-refractivity contribution in [3.8, 4) is 0 Å². The van der Waals surface area contributed by atoms with Crippen molar-refractivity contribution >= 4 is 29.3 Å². The van der Waals surface area contributed by atoms with Crippen LogP contribution >= 0.6 is 11.8 Å². The standard InChI is InChI=1S/C14H19NO3S/c1-10(19-2)9-13(16)15-12-6-3-11(4-7-12)5-8-14(17)18/h3-4,6-7,10H,5,8-9H2,1-2H3,(H,15,16)(H,17,18). The Morgan fingerprint density at radius 2 is 1.95 bits per heavy atom. The molecule has 1 rings (SSSR count). The maximum Gasteiger partial charge on any atom is 0.303 e. The van der Waals surface area contributed by atoms with Crippen LogP contribution in [0, 0.1) is 0 Å². The van der Waals surface area contributed by atoms with E-state index in [1.165, 1.54) is 0 Å². The highest BCUT2D eigenvalue weighted by molar-refractivity contribution is 7.99. The average Bonchev–Trinajstić information content (AvgIpc) is 2.37. The molecule has 1 aromatic rings. The Balaban J connectivity index is 2.47. The number of benzene rings is 1. The predicted octanol–water partition coefficient (Wildman–Crippen LogP) is 2.78. The van der Waals surface area contributed by atoms with E-state index in [1.54, 1.807) is 23.9 Å². The first-order valence-corrected chi connectivity index (χ1v) is 7.43. The Labute approximate surface area is 117 Å². The summed E-state index contributed by atoms with van der Waals surface area (Å²) in [7, 11) is 0. The SMILES string of the molecule is CSC(C)CC(=O)Nc1ccc(CCC(=O)O)cc1. The van der Waals surface area contributed by atoms with Crippen LogP contribution in [0.15, 0.2) is 24.3 Å². The number of carbonyl (C=O) groups excluding carboxylic acids is 1. The number of hydrogen-bond acceptors (Lipinski definition) is 3. The number of carboxylic acid groups (broad SMARTS) is 1. The van der Waals surface area contributed by atoms with E-state index in [-0.39, 0.29) is 12.3 Å². The van der Waals surface area contributed by atoms with Gasteiger partial charge in [0, 0.05) is 23.8 Å². The van der Waals surface area contributed by atoms with Crippen LogP contribution in [0.4, 0.5) is 5.69 Å². The van der Waals surface area contributed by atoms with Crippen LogP contribution in [0.2, 0.25) is 0 Å². The number of rotatable bonds is 7. The van der Waals surface area contributed by atoms with Gasteiger partial charge in [-0.2, -0.15) is 11.8 Å². The second-order valence-electron chi connectivity index (χ2n) is 4.39. The molecule has 0 radical (unpaired) electrons. The molecular formula is C14H19NO3S. The topological polar surface area (TPSA) is 66.4 Å². The van der Waals surface area contributed by atoms with Crippen LogP contribution in [0.25, 0.3) is 0 Å². The molecular weight excluding hydrogens is 262 g/mol. The molecule has 1 aromatic carbocycles. The van der Waals surface area contributed by atoms with Gasteiger partial charge < -0.3 is 10.4 Å². The zero-order chi connectivity index (χ0) is 14.3. The normalized spacial score (nSPS) is 11.9. The summed E-state index contributed by atoms with van der Waals surface area (Å²) in [5, 5.41) is 11.7. The highest BCUT2D eigenvalue weighted by Crippen LogP contribution is 2.14. The Morgan fingerprint density at radius 1 is 1.32 bits per heavy atom. The smallest absolute Gasteiger partial charge is 0.303 e. The Hall–Kier alpha value is -1.49. The molecule has 1 unspecified atom stereocenters. The van der Waals surface area contributed by atoms with Crippen molar-refractivity contribution in [2.24, 2.45) is 0 Å². The van der Waals surface area contributed by atoms with Gasteiger partial charge in [0.1, 0.15) is 0 Å². The fourth-order valence-corrected chi connectivity index (χ4v) is 1.88. The third-order valence-corrected chi connectivity index (χ3v) is 3.71. The summed E-state index contributed by atoms with van der Waals surface area (Å²) in [5.41, 5.74) is 1.70. The van der Waals surface area contributed by atoms with Gasteiger partial charge in [0.05, 0.1) is 0 Å². The number of carbonyl (C=O) groups is 2. The molecule has 0 heterocycles. The van der Waals surface area contributed by atoms with Crippen LogP contribution in [0.5, 0.6) is 0 Å². The van der Waals surface area contributed by atoms with Crippen molar-refractivity contribution in [1.82, 2.24) is 0 Å². The van der Waals surface area contributed by atoms with Crippen LogP contribution in [0.1, 0.15) is 25.3 Å². The molecule has 0 fully saturated rings. The van der Waals surface area contributed by atoms with E-state index in [4.69, 9.17) is 5.11 Å². The van der Waals surface area contributed by atoms with Gasteiger partial charge in [-0.1, -0.05) is 19.1 Å². The Kier molecular flexibility index (Phi) is 6.42. The lowest BCUT2D eigenvalue weighted by Gasteiger charge is -2.09. The van der Waals surface area contributed by atoms with E-state index in [9.17, 15) is 9.59 Å². The lowest BCUT2D eigenvalue weighted by atomic mass is 10.1. The lowest BCUT2D eigenvalue weighted by molar-refractivity contribution is -0.137. The summed E-state index contributed by atoms with van der Waals surface area (Å²) in [6, 6.07) is 7.30. The van der Waals surface area contributed by atoms with Gasteiger partial charge in [-0.25, -0.2) is 0 Å². The summed E-state index contributed by atoms with van der Waals surface area (Å²) in [4.78, 5) is 22.1. The molecule has 2 N–H and O–H groups in total. The number of aryl methyl sites for hydroxylation is 1. The maximum atomic E-state index is 11.7. The van der Waals surface area contributed by atoms with Crippen LogP contribution in [-0.2, 0) is 16.0 Å². The zero-order valence-corrected chi connectivity index (χ0v) is 12.0. The van der Waals surface area contributed by atoms with Crippen molar-refractivity contribution in [1.29, 1.82) is 0 Å². The molecule has 0 saturated heterocycles. The minimum atomic E-state index is -0.802. The third kappa shape index (κ3) is 6.29. The molecule has 0 saturated carbocycles. The highest BCUT2D eigenvalue weighted by Gasteiger charge is 2.08. The lowest BCUT2D eigenvalue weighted by Crippen LogP contribution is -2.15. The van der Waals surface area contributed by atoms with Gasteiger partial charge in [-0.05, 0) is 30.4 Å². The van der Waals surface area contributed by atoms with Crippen LogP contribution < -0.4 is 5.32 Å². The first-order chi connectivity index (χ1) is 9.01. The van der Waals surface area contributed by atoms with Crippen molar-refractivity contribution in [2.75, 3.05) is 11.6 Å². The van der Waals surface area contributed by atoms with Crippen molar-refractivity contribution in [3.05, 3.63) is 29.8 Å². The quantitative estimate of drug-likeness (QED) is 0.806. The van der Waals surface area contributed by atoms with E-state index in [2.05, 4.69) is 5.32 Å². The summed E-state index contributed by atoms with van der Waals surface area (Å²) in [6.45, 7) is 2.01. The van der Waals surface area contributed by atoms with E-state index in [0.29, 0.717) is 18.1 Å². The molecule has 19 heavy (non-hydrogen) atoms. The molecule has 104 valence electrons. The van der Waals surface area contributed by atoms with Crippen molar-refractivity contribution in [2.45, 2.75) is 31.4 Å². The number of nitrogens with one attached hydrogen (secondary N) is 1. The van der Waals surface area contributed by atoms with E-state index in [1.807, 2.05) is 25.3 Å². The Bertz CT molecular complexity index is 431. The summed E-state index contributed by atoms with van der Waals surface area (Å²) >= 11 is 1.66. The number of carboxylic acids is 1. The Morgan fingerprint density at radius 3 is 2.47 bits per heavy atom. The highest BCUT2D eigenvalue weighted by atomic mass is 32.2. The fourth-order valence-electron chi connectivity index (χ4n) is 1.56. The number of hydrogen-bond donors (Lipinski definition) is 2. The second kappa shape index (κ2) is 7.84. The summed E-state index contributed by atoms with van der Waals surface area (Å²) < 4.78 is 0. The molecule has 0 aliphatic rings. The van der Waals surface area contributed by atoms with E-state index in [0.717, 1.165) is 11.3 Å². The number of thioether (sulfide) groups is 1. The van der Waals surface area contributed by atoms with E-state index >= 15 is 0 Å². The summed E-state index contributed by atoms with van der Waals surface area (Å²) in [5.74, 6) is -0.802. The minimum Gasteiger partial charge on any atom is -0.481 e. The van der Waals surface area contributed by atoms with Crippen molar-refractivity contribution in [3.63, 3.8) is 0 Å². The predicted molar refractivity (Wildman–Crippen MR) is 78.6 cm³/mol. The van der Waals surface area contributed by atoms with Gasteiger partial charge in [-0.3, -0.25) is 9.59 Å². The fraction of sp³-hybridized carbons (Fsp3) is 0.429. The molecule has 0 aromatic heterocycles. The molecule has 0 bridgehead atoms. The molecule has 1 amide bonds. The van der Waals surface area contributed by atoms with Gasteiger partial charge in [0.2, 0.25) is 5.91 Å². The minimum absolute atomic E-state index is 0.000126. The third-order valence-electron chi connectivity index (χ3n) is 2.74. The second-order valence-corrected chi connectivity index (χ2v) is 5.67. The molecule has 4 nitrogen and oxygen atoms in total. The number of amides is 1. The molecule has 0 aliphatic carbocycles. The van der Waals surface area contributed by atoms with Gasteiger partial charge in [0.25, 0.3) is 0 Å². The number of aliphatic carboxylic acids is 1. The molecule has 5 heteroatoms. The van der Waals surface area contributed by atoms with E-state index < -0.39 is 5.97 Å². The van der Waals surface area contributed by atoms with Gasteiger partial charge >= 0.3 is 5.97 Å². The zero-order valence-electron chi connectivity index (χ0n) is 11.2. The first kappa shape index (κ1) is 15.6. The monoisotopic (exact) mass is 281 g/mol. The average molecular weight is 281 g/mol. The summed E-state index contributed by atoms with van der Waals surface area (Å²) in [6.07, 6.45) is 3.10. The molecule has 0 spiro atoms. The van der Waals surface area contributed by atoms with Gasteiger partial charge in [0.15, 0.2) is 0 Å². The molecule has 1 atom stereocenters. The maximum absolute atomic E-state index is 11.7. The molecule has 0 aliphatic heterocycles. The largest absolute Gasteiger partial charge is 0.481 e. The first-order valence-electron chi connectivity index (χ1n) is 6.14. The van der Waals surface area contributed by atoms with Crippen LogP contribution in [-0.4, -0.2) is 28.5 Å². The number of anilines is 1. The van der Waals surface area contributed by atoms with Crippen molar-refractivity contribution < 1.29 is 14.7 Å².